The maximum Gasteiger partial charge on any atom is 0.315 e. The van der Waals surface area contributed by atoms with E-state index in [1.807, 2.05) is 12.1 Å². The number of carbonyl (C=O) groups is 2. The molecule has 0 unspecified atom stereocenters. The second-order valence-corrected chi connectivity index (χ2v) is 6.06. The van der Waals surface area contributed by atoms with Gasteiger partial charge < -0.3 is 16.0 Å². The molecule has 0 aromatic heterocycles. The molecule has 1 aliphatic carbocycles. The zero-order valence-corrected chi connectivity index (χ0v) is 13.3. The first kappa shape index (κ1) is 16.3. The highest BCUT2D eigenvalue weighted by molar-refractivity contribution is 5.94. The molecule has 5 heteroatoms. The summed E-state index contributed by atoms with van der Waals surface area (Å²) in [4.78, 5) is 23.5. The SMILES string of the molecule is CNC(=O)c1cccc(CNC(=O)NC2CCC(C)CC2)c1. The molecule has 0 aliphatic heterocycles. The maximum atomic E-state index is 11.9. The Hall–Kier alpha value is -2.04. The van der Waals surface area contributed by atoms with Crippen molar-refractivity contribution in [2.45, 2.75) is 45.2 Å². The third-order valence-corrected chi connectivity index (χ3v) is 4.22. The minimum Gasteiger partial charge on any atom is -0.355 e. The molecule has 0 radical (unpaired) electrons. The van der Waals surface area contributed by atoms with Gasteiger partial charge >= 0.3 is 6.03 Å². The largest absolute Gasteiger partial charge is 0.355 e. The fourth-order valence-electron chi connectivity index (χ4n) is 2.79. The van der Waals surface area contributed by atoms with Crippen LogP contribution in [0, 0.1) is 5.92 Å². The molecule has 0 spiro atoms. The van der Waals surface area contributed by atoms with Crippen LogP contribution in [0.25, 0.3) is 0 Å². The summed E-state index contributed by atoms with van der Waals surface area (Å²) in [6.07, 6.45) is 4.47. The Kier molecular flexibility index (Phi) is 5.81. The monoisotopic (exact) mass is 303 g/mol. The van der Waals surface area contributed by atoms with E-state index in [0.717, 1.165) is 24.3 Å². The Balaban J connectivity index is 1.80. The highest BCUT2D eigenvalue weighted by Gasteiger charge is 2.19. The van der Waals surface area contributed by atoms with E-state index in [2.05, 4.69) is 22.9 Å². The fourth-order valence-corrected chi connectivity index (χ4v) is 2.79. The van der Waals surface area contributed by atoms with E-state index < -0.39 is 0 Å². The van der Waals surface area contributed by atoms with E-state index in [-0.39, 0.29) is 18.0 Å². The molecule has 1 saturated carbocycles. The molecule has 1 fully saturated rings. The quantitative estimate of drug-likeness (QED) is 0.799. The van der Waals surface area contributed by atoms with Gasteiger partial charge in [-0.1, -0.05) is 19.1 Å². The molecule has 0 atom stereocenters. The van der Waals surface area contributed by atoms with Crippen molar-refractivity contribution in [3.8, 4) is 0 Å². The van der Waals surface area contributed by atoms with Gasteiger partial charge in [0, 0.05) is 25.2 Å². The lowest BCUT2D eigenvalue weighted by Crippen LogP contribution is -2.43. The first-order valence-corrected chi connectivity index (χ1v) is 7.94. The number of amides is 3. The minimum absolute atomic E-state index is 0.123. The summed E-state index contributed by atoms with van der Waals surface area (Å²) in [6, 6.07) is 7.42. The van der Waals surface area contributed by atoms with Crippen LogP contribution in [0.15, 0.2) is 24.3 Å². The van der Waals surface area contributed by atoms with E-state index in [1.165, 1.54) is 12.8 Å². The average molecular weight is 303 g/mol. The van der Waals surface area contributed by atoms with Gasteiger partial charge in [-0.3, -0.25) is 4.79 Å². The first-order valence-electron chi connectivity index (χ1n) is 7.94. The predicted molar refractivity (Wildman–Crippen MR) is 86.6 cm³/mol. The maximum absolute atomic E-state index is 11.9. The van der Waals surface area contributed by atoms with Crippen LogP contribution in [0.4, 0.5) is 4.79 Å². The lowest BCUT2D eigenvalue weighted by molar-refractivity contribution is 0.0963. The number of urea groups is 1. The molecule has 3 N–H and O–H groups in total. The number of nitrogens with one attached hydrogen (secondary N) is 3. The molecule has 0 saturated heterocycles. The van der Waals surface area contributed by atoms with E-state index in [0.29, 0.717) is 12.1 Å². The molecule has 1 aliphatic rings. The van der Waals surface area contributed by atoms with Crippen molar-refractivity contribution < 1.29 is 9.59 Å². The Bertz CT molecular complexity index is 522. The van der Waals surface area contributed by atoms with E-state index in [1.54, 1.807) is 19.2 Å². The summed E-state index contributed by atoms with van der Waals surface area (Å²) in [7, 11) is 1.60. The van der Waals surface area contributed by atoms with Crippen molar-refractivity contribution >= 4 is 11.9 Å². The summed E-state index contributed by atoms with van der Waals surface area (Å²) in [5, 5.41) is 8.48. The molecule has 2 rings (SSSR count). The van der Waals surface area contributed by atoms with Gasteiger partial charge in [-0.2, -0.15) is 0 Å². The van der Waals surface area contributed by atoms with Gasteiger partial charge in [0.25, 0.3) is 5.91 Å². The summed E-state index contributed by atoms with van der Waals surface area (Å²) < 4.78 is 0. The number of hydrogen-bond donors (Lipinski definition) is 3. The lowest BCUT2D eigenvalue weighted by Gasteiger charge is -2.26. The predicted octanol–water partition coefficient (Wildman–Crippen LogP) is 2.42. The highest BCUT2D eigenvalue weighted by Crippen LogP contribution is 2.23. The van der Waals surface area contributed by atoms with Gasteiger partial charge in [-0.15, -0.1) is 0 Å². The second kappa shape index (κ2) is 7.82. The Morgan fingerprint density at radius 3 is 2.59 bits per heavy atom. The minimum atomic E-state index is -0.134. The van der Waals surface area contributed by atoms with E-state index >= 15 is 0 Å². The van der Waals surface area contributed by atoms with Crippen LogP contribution in [0.2, 0.25) is 0 Å². The van der Waals surface area contributed by atoms with Crippen LogP contribution in [0.3, 0.4) is 0 Å². The lowest BCUT2D eigenvalue weighted by atomic mass is 9.87. The van der Waals surface area contributed by atoms with Crippen LogP contribution in [0.1, 0.15) is 48.5 Å². The zero-order chi connectivity index (χ0) is 15.9. The van der Waals surface area contributed by atoms with Gasteiger partial charge in [0.15, 0.2) is 0 Å². The van der Waals surface area contributed by atoms with Crippen LogP contribution in [-0.2, 0) is 6.54 Å². The van der Waals surface area contributed by atoms with Crippen LogP contribution in [-0.4, -0.2) is 25.0 Å². The van der Waals surface area contributed by atoms with Gasteiger partial charge in [0.1, 0.15) is 0 Å². The second-order valence-electron chi connectivity index (χ2n) is 6.06. The Morgan fingerprint density at radius 2 is 1.91 bits per heavy atom. The third-order valence-electron chi connectivity index (χ3n) is 4.22. The van der Waals surface area contributed by atoms with Gasteiger partial charge in [-0.05, 0) is 49.3 Å². The molecule has 1 aromatic carbocycles. The molecule has 0 bridgehead atoms. The van der Waals surface area contributed by atoms with Crippen molar-refractivity contribution in [2.75, 3.05) is 7.05 Å². The van der Waals surface area contributed by atoms with Gasteiger partial charge in [0.05, 0.1) is 0 Å². The molecule has 120 valence electrons. The van der Waals surface area contributed by atoms with Crippen LogP contribution >= 0.6 is 0 Å². The number of hydrogen-bond acceptors (Lipinski definition) is 2. The highest BCUT2D eigenvalue weighted by atomic mass is 16.2. The number of rotatable bonds is 4. The molecule has 22 heavy (non-hydrogen) atoms. The smallest absolute Gasteiger partial charge is 0.315 e. The van der Waals surface area contributed by atoms with Gasteiger partial charge in [-0.25, -0.2) is 4.79 Å². The number of benzene rings is 1. The molecular weight excluding hydrogens is 278 g/mol. The summed E-state index contributed by atoms with van der Waals surface area (Å²) in [5.74, 6) is 0.649. The summed E-state index contributed by atoms with van der Waals surface area (Å²) in [6.45, 7) is 2.68. The van der Waals surface area contributed by atoms with E-state index in [9.17, 15) is 9.59 Å². The van der Waals surface area contributed by atoms with Crippen molar-refractivity contribution in [1.29, 1.82) is 0 Å². The molecule has 5 nitrogen and oxygen atoms in total. The van der Waals surface area contributed by atoms with Gasteiger partial charge in [0.2, 0.25) is 0 Å². The van der Waals surface area contributed by atoms with E-state index in [4.69, 9.17) is 0 Å². The normalized spacial score (nSPS) is 21.0. The zero-order valence-electron chi connectivity index (χ0n) is 13.3. The molecular formula is C17H25N3O2. The molecule has 1 aromatic rings. The summed E-state index contributed by atoms with van der Waals surface area (Å²) >= 11 is 0. The van der Waals surface area contributed by atoms with Crippen molar-refractivity contribution in [1.82, 2.24) is 16.0 Å². The van der Waals surface area contributed by atoms with Crippen molar-refractivity contribution in [2.24, 2.45) is 5.92 Å². The third kappa shape index (κ3) is 4.76. The first-order chi connectivity index (χ1) is 10.6. The summed E-state index contributed by atoms with van der Waals surface area (Å²) in [5.41, 5.74) is 1.51. The Labute approximate surface area is 131 Å². The van der Waals surface area contributed by atoms with Crippen LogP contribution < -0.4 is 16.0 Å². The average Bonchev–Trinajstić information content (AvgIpc) is 2.54. The Morgan fingerprint density at radius 1 is 1.18 bits per heavy atom. The van der Waals surface area contributed by atoms with Crippen molar-refractivity contribution in [3.63, 3.8) is 0 Å². The fraction of sp³-hybridized carbons (Fsp3) is 0.529. The standard InChI is InChI=1S/C17H25N3O2/c1-12-6-8-15(9-7-12)20-17(22)19-11-13-4-3-5-14(10-13)16(21)18-2/h3-5,10,12,15H,6-9,11H2,1-2H3,(H,18,21)(H2,19,20,22). The van der Waals surface area contributed by atoms with Crippen molar-refractivity contribution in [3.05, 3.63) is 35.4 Å². The van der Waals surface area contributed by atoms with Crippen LogP contribution in [0.5, 0.6) is 0 Å². The number of carbonyl (C=O) groups excluding carboxylic acids is 2. The molecule has 3 amide bonds. The molecule has 0 heterocycles. The topological polar surface area (TPSA) is 70.2 Å².